The van der Waals surface area contributed by atoms with Crippen LogP contribution in [0.2, 0.25) is 5.02 Å². The molecule has 1 unspecified atom stereocenters. The third-order valence-electron chi connectivity index (χ3n) is 4.02. The standard InChI is InChI=1S/C19H22ClN3O5/c1-25-6-7-27-17-3-2-13(9-21-17)10-22-18(24)14-8-16(20)19(23-11-14)28-15-4-5-26-12-15/h2-3,8-9,11,15H,4-7,10,12H2,1H3,(H,22,24). The van der Waals surface area contributed by atoms with Crippen molar-refractivity contribution in [1.82, 2.24) is 15.3 Å². The Hall–Kier alpha value is -2.42. The Kier molecular flexibility index (Phi) is 7.41. The predicted molar refractivity (Wildman–Crippen MR) is 102 cm³/mol. The number of pyridine rings is 2. The number of amides is 1. The summed E-state index contributed by atoms with van der Waals surface area (Å²) in [5, 5.41) is 3.10. The largest absolute Gasteiger partial charge is 0.475 e. The van der Waals surface area contributed by atoms with Crippen LogP contribution < -0.4 is 14.8 Å². The Bertz CT molecular complexity index is 782. The van der Waals surface area contributed by atoms with Gasteiger partial charge in [0.1, 0.15) is 17.7 Å². The first kappa shape index (κ1) is 20.3. The lowest BCUT2D eigenvalue weighted by Crippen LogP contribution is -2.23. The van der Waals surface area contributed by atoms with Gasteiger partial charge in [0.25, 0.3) is 5.91 Å². The highest BCUT2D eigenvalue weighted by molar-refractivity contribution is 6.32. The van der Waals surface area contributed by atoms with Crippen molar-refractivity contribution in [1.29, 1.82) is 0 Å². The quantitative estimate of drug-likeness (QED) is 0.637. The van der Waals surface area contributed by atoms with Gasteiger partial charge < -0.3 is 24.3 Å². The second-order valence-electron chi connectivity index (χ2n) is 6.14. The molecule has 1 N–H and O–H groups in total. The van der Waals surface area contributed by atoms with Crippen LogP contribution in [0.5, 0.6) is 11.8 Å². The molecule has 2 aromatic heterocycles. The SMILES string of the molecule is COCCOc1ccc(CNC(=O)c2cnc(OC3CCOC3)c(Cl)c2)cn1. The van der Waals surface area contributed by atoms with Crippen LogP contribution in [0.25, 0.3) is 0 Å². The maximum absolute atomic E-state index is 12.3. The fourth-order valence-electron chi connectivity index (χ4n) is 2.51. The van der Waals surface area contributed by atoms with Gasteiger partial charge in [-0.05, 0) is 11.6 Å². The van der Waals surface area contributed by atoms with Crippen LogP contribution in [0.15, 0.2) is 30.6 Å². The molecule has 9 heteroatoms. The summed E-state index contributed by atoms with van der Waals surface area (Å²) in [5.74, 6) is 0.527. The van der Waals surface area contributed by atoms with E-state index in [1.807, 2.05) is 6.07 Å². The second kappa shape index (κ2) is 10.2. The molecule has 3 heterocycles. The number of ether oxygens (including phenoxy) is 4. The van der Waals surface area contributed by atoms with Crippen molar-refractivity contribution >= 4 is 17.5 Å². The lowest BCUT2D eigenvalue weighted by molar-refractivity contribution is 0.0950. The first-order valence-electron chi connectivity index (χ1n) is 8.90. The summed E-state index contributed by atoms with van der Waals surface area (Å²) in [5.41, 5.74) is 1.19. The molecule has 0 spiro atoms. The van der Waals surface area contributed by atoms with Crippen LogP contribution in [0.4, 0.5) is 0 Å². The highest BCUT2D eigenvalue weighted by Gasteiger charge is 2.20. The van der Waals surface area contributed by atoms with Crippen molar-refractivity contribution in [3.05, 3.63) is 46.7 Å². The van der Waals surface area contributed by atoms with Gasteiger partial charge in [-0.25, -0.2) is 9.97 Å². The first-order chi connectivity index (χ1) is 13.7. The number of aromatic nitrogens is 2. The van der Waals surface area contributed by atoms with E-state index >= 15 is 0 Å². The number of carbonyl (C=O) groups is 1. The average molecular weight is 408 g/mol. The fourth-order valence-corrected chi connectivity index (χ4v) is 2.73. The highest BCUT2D eigenvalue weighted by Crippen LogP contribution is 2.25. The molecule has 150 valence electrons. The number of carbonyl (C=O) groups excluding carboxylic acids is 1. The molecule has 28 heavy (non-hydrogen) atoms. The molecule has 0 bridgehead atoms. The van der Waals surface area contributed by atoms with Gasteiger partial charge >= 0.3 is 0 Å². The van der Waals surface area contributed by atoms with E-state index in [-0.39, 0.29) is 12.0 Å². The van der Waals surface area contributed by atoms with Crippen molar-refractivity contribution in [2.45, 2.75) is 19.1 Å². The molecule has 1 fully saturated rings. The molecule has 1 aliphatic heterocycles. The van der Waals surface area contributed by atoms with Crippen LogP contribution >= 0.6 is 11.6 Å². The number of nitrogens with zero attached hydrogens (tertiary/aromatic N) is 2. The summed E-state index contributed by atoms with van der Waals surface area (Å²) >= 11 is 6.20. The average Bonchev–Trinajstić information content (AvgIpc) is 3.22. The van der Waals surface area contributed by atoms with E-state index in [0.717, 1.165) is 12.0 Å². The van der Waals surface area contributed by atoms with E-state index in [2.05, 4.69) is 15.3 Å². The van der Waals surface area contributed by atoms with Crippen LogP contribution in [-0.2, 0) is 16.0 Å². The number of methoxy groups -OCH3 is 1. The number of hydrogen-bond donors (Lipinski definition) is 1. The van der Waals surface area contributed by atoms with Gasteiger partial charge in [-0.1, -0.05) is 17.7 Å². The molecular weight excluding hydrogens is 386 g/mol. The van der Waals surface area contributed by atoms with Gasteiger partial charge in [-0.3, -0.25) is 4.79 Å². The highest BCUT2D eigenvalue weighted by atomic mass is 35.5. The normalized spacial score (nSPS) is 16.0. The van der Waals surface area contributed by atoms with Gasteiger partial charge in [-0.15, -0.1) is 0 Å². The molecule has 1 amide bonds. The monoisotopic (exact) mass is 407 g/mol. The van der Waals surface area contributed by atoms with Crippen molar-refractivity contribution in [2.75, 3.05) is 33.5 Å². The molecule has 0 aromatic carbocycles. The van der Waals surface area contributed by atoms with Gasteiger partial charge in [0.05, 0.1) is 25.4 Å². The van der Waals surface area contributed by atoms with Gasteiger partial charge in [-0.2, -0.15) is 0 Å². The predicted octanol–water partition coefficient (Wildman–Crippen LogP) is 2.25. The molecule has 1 atom stereocenters. The molecule has 8 nitrogen and oxygen atoms in total. The van der Waals surface area contributed by atoms with E-state index in [4.69, 9.17) is 30.5 Å². The van der Waals surface area contributed by atoms with E-state index < -0.39 is 0 Å². The topological polar surface area (TPSA) is 91.8 Å². The van der Waals surface area contributed by atoms with E-state index in [0.29, 0.717) is 55.3 Å². The minimum absolute atomic E-state index is 0.0568. The zero-order valence-electron chi connectivity index (χ0n) is 15.5. The summed E-state index contributed by atoms with van der Waals surface area (Å²) in [7, 11) is 1.61. The van der Waals surface area contributed by atoms with Crippen LogP contribution in [0.3, 0.4) is 0 Å². The lowest BCUT2D eigenvalue weighted by atomic mass is 10.2. The Labute approximate surface area is 168 Å². The Morgan fingerprint density at radius 3 is 2.89 bits per heavy atom. The summed E-state index contributed by atoms with van der Waals surface area (Å²) in [4.78, 5) is 20.7. The molecule has 1 saturated heterocycles. The van der Waals surface area contributed by atoms with Gasteiger partial charge in [0.15, 0.2) is 0 Å². The summed E-state index contributed by atoms with van der Waals surface area (Å²) in [6, 6.07) is 5.12. The number of nitrogens with one attached hydrogen (secondary N) is 1. The smallest absolute Gasteiger partial charge is 0.253 e. The summed E-state index contributed by atoms with van der Waals surface area (Å²) < 4.78 is 21.3. The Morgan fingerprint density at radius 1 is 1.32 bits per heavy atom. The van der Waals surface area contributed by atoms with E-state index in [9.17, 15) is 4.79 Å². The molecule has 2 aromatic rings. The number of hydrogen-bond acceptors (Lipinski definition) is 7. The van der Waals surface area contributed by atoms with Crippen LogP contribution in [0.1, 0.15) is 22.3 Å². The first-order valence-corrected chi connectivity index (χ1v) is 9.28. The lowest BCUT2D eigenvalue weighted by Gasteiger charge is -2.12. The summed E-state index contributed by atoms with van der Waals surface area (Å²) in [6.45, 7) is 2.43. The summed E-state index contributed by atoms with van der Waals surface area (Å²) in [6.07, 6.45) is 3.83. The van der Waals surface area contributed by atoms with E-state index in [1.165, 1.54) is 6.20 Å². The zero-order valence-corrected chi connectivity index (χ0v) is 16.3. The molecule has 1 aliphatic rings. The van der Waals surface area contributed by atoms with Crippen LogP contribution in [-0.4, -0.2) is 55.5 Å². The molecule has 0 saturated carbocycles. The molecular formula is C19H22ClN3O5. The van der Waals surface area contributed by atoms with Crippen molar-refractivity contribution in [3.8, 4) is 11.8 Å². The Balaban J connectivity index is 1.50. The van der Waals surface area contributed by atoms with Crippen molar-refractivity contribution < 1.29 is 23.7 Å². The van der Waals surface area contributed by atoms with Crippen molar-refractivity contribution in [3.63, 3.8) is 0 Å². The van der Waals surface area contributed by atoms with Gasteiger partial charge in [0.2, 0.25) is 11.8 Å². The minimum atomic E-state index is -0.287. The maximum Gasteiger partial charge on any atom is 0.253 e. The Morgan fingerprint density at radius 2 is 2.21 bits per heavy atom. The fraction of sp³-hybridized carbons (Fsp3) is 0.421. The zero-order chi connectivity index (χ0) is 19.8. The number of rotatable bonds is 9. The second-order valence-corrected chi connectivity index (χ2v) is 6.55. The van der Waals surface area contributed by atoms with E-state index in [1.54, 1.807) is 25.4 Å². The van der Waals surface area contributed by atoms with Crippen LogP contribution in [0, 0.1) is 0 Å². The van der Waals surface area contributed by atoms with Crippen molar-refractivity contribution in [2.24, 2.45) is 0 Å². The molecule has 0 radical (unpaired) electrons. The van der Waals surface area contributed by atoms with Gasteiger partial charge in [0, 0.05) is 38.5 Å². The minimum Gasteiger partial charge on any atom is -0.475 e. The molecule has 3 rings (SSSR count). The third kappa shape index (κ3) is 5.79. The third-order valence-corrected chi connectivity index (χ3v) is 4.29. The maximum atomic E-state index is 12.3. The molecule has 0 aliphatic carbocycles. The number of halogens is 1.